The fourth-order valence-corrected chi connectivity index (χ4v) is 3.05. The van der Waals surface area contributed by atoms with Crippen molar-refractivity contribution in [2.24, 2.45) is 0 Å². The Morgan fingerprint density at radius 2 is 2.33 bits per heavy atom. The van der Waals surface area contributed by atoms with Gasteiger partial charge < -0.3 is 9.64 Å². The first-order valence-electron chi connectivity index (χ1n) is 7.93. The highest BCUT2D eigenvalue weighted by molar-refractivity contribution is 5.76. The van der Waals surface area contributed by atoms with Gasteiger partial charge >= 0.3 is 6.01 Å². The van der Waals surface area contributed by atoms with Gasteiger partial charge in [0.25, 0.3) is 5.56 Å². The molecular weight excluding hydrogens is 308 g/mol. The third-order valence-electron chi connectivity index (χ3n) is 4.38. The smallest absolute Gasteiger partial charge is 0.302 e. The molecule has 0 spiro atoms. The van der Waals surface area contributed by atoms with E-state index < -0.39 is 0 Å². The summed E-state index contributed by atoms with van der Waals surface area (Å²) in [4.78, 5) is 25.3. The molecule has 1 atom stereocenters. The molecule has 8 heteroatoms. The number of fused-ring (bicyclic) bond motifs is 1. The van der Waals surface area contributed by atoms with E-state index in [1.54, 1.807) is 18.5 Å². The van der Waals surface area contributed by atoms with Gasteiger partial charge in [-0.2, -0.15) is 10.1 Å². The van der Waals surface area contributed by atoms with Gasteiger partial charge in [-0.25, -0.2) is 0 Å². The second-order valence-corrected chi connectivity index (χ2v) is 6.04. The van der Waals surface area contributed by atoms with Crippen LogP contribution in [0.2, 0.25) is 0 Å². The third-order valence-corrected chi connectivity index (χ3v) is 4.38. The second-order valence-electron chi connectivity index (χ2n) is 6.04. The molecule has 0 radical (unpaired) electrons. The van der Waals surface area contributed by atoms with Gasteiger partial charge in [0.15, 0.2) is 5.75 Å². The predicted octanol–water partition coefficient (Wildman–Crippen LogP) is 1.40. The van der Waals surface area contributed by atoms with E-state index in [1.165, 1.54) is 19.0 Å². The molecule has 1 N–H and O–H groups in total. The lowest BCUT2D eigenvalue weighted by Gasteiger charge is -2.18. The Hall–Kier alpha value is -2.74. The van der Waals surface area contributed by atoms with Crippen LogP contribution in [0.15, 0.2) is 35.6 Å². The number of aromatic amines is 1. The highest BCUT2D eigenvalue weighted by Crippen LogP contribution is 2.20. The Morgan fingerprint density at radius 1 is 1.42 bits per heavy atom. The zero-order chi connectivity index (χ0) is 16.5. The zero-order valence-corrected chi connectivity index (χ0v) is 13.3. The Morgan fingerprint density at radius 3 is 3.17 bits per heavy atom. The summed E-state index contributed by atoms with van der Waals surface area (Å²) in [5.74, 6) is 0.544. The molecule has 0 aliphatic carbocycles. The standard InChI is InChI=1S/C16H18N6O2/c1-21-6-2-3-11(21)9-22-10-12(7-18-22)24-16-19-14-8-17-5-4-13(14)15(23)20-16/h4-5,7-8,10-11H,2-3,6,9H2,1H3,(H,19,20,23). The number of H-pyrrole nitrogens is 1. The number of hydrogen-bond acceptors (Lipinski definition) is 6. The van der Waals surface area contributed by atoms with E-state index in [0.717, 1.165) is 13.1 Å². The number of nitrogens with zero attached hydrogens (tertiary/aromatic N) is 5. The molecule has 124 valence electrons. The summed E-state index contributed by atoms with van der Waals surface area (Å²) in [6.07, 6.45) is 8.95. The lowest BCUT2D eigenvalue weighted by Crippen LogP contribution is -2.29. The molecule has 1 fully saturated rings. The minimum absolute atomic E-state index is 0.137. The summed E-state index contributed by atoms with van der Waals surface area (Å²) in [5, 5.41) is 4.81. The van der Waals surface area contributed by atoms with Gasteiger partial charge in [0.05, 0.1) is 36.0 Å². The van der Waals surface area contributed by atoms with Crippen molar-refractivity contribution in [3.05, 3.63) is 41.2 Å². The van der Waals surface area contributed by atoms with Crippen LogP contribution in [-0.2, 0) is 6.54 Å². The molecule has 1 saturated heterocycles. The fraction of sp³-hybridized carbons (Fsp3) is 0.375. The average Bonchev–Trinajstić information content (AvgIpc) is 3.17. The van der Waals surface area contributed by atoms with Gasteiger partial charge in [-0.1, -0.05) is 0 Å². The molecule has 1 aliphatic heterocycles. The number of likely N-dealkylation sites (N-methyl/N-ethyl adjacent to an activating group) is 1. The molecule has 0 aromatic carbocycles. The molecular formula is C16H18N6O2. The maximum Gasteiger partial charge on any atom is 0.302 e. The molecule has 24 heavy (non-hydrogen) atoms. The monoisotopic (exact) mass is 326 g/mol. The number of rotatable bonds is 4. The van der Waals surface area contributed by atoms with Crippen molar-refractivity contribution < 1.29 is 4.74 Å². The minimum atomic E-state index is -0.252. The van der Waals surface area contributed by atoms with Crippen LogP contribution < -0.4 is 10.3 Å². The van der Waals surface area contributed by atoms with E-state index in [0.29, 0.717) is 22.7 Å². The normalized spacial score (nSPS) is 18.3. The van der Waals surface area contributed by atoms with Crippen LogP contribution in [0.5, 0.6) is 11.8 Å². The SMILES string of the molecule is CN1CCCC1Cn1cc(Oc2nc3cnccc3c(=O)[nH]2)cn1. The average molecular weight is 326 g/mol. The first-order valence-corrected chi connectivity index (χ1v) is 7.93. The van der Waals surface area contributed by atoms with Gasteiger partial charge in [-0.05, 0) is 32.5 Å². The molecule has 3 aromatic rings. The molecule has 4 rings (SSSR count). The maximum atomic E-state index is 12.0. The van der Waals surface area contributed by atoms with Gasteiger partial charge in [0.2, 0.25) is 0 Å². The molecule has 8 nitrogen and oxygen atoms in total. The topological polar surface area (TPSA) is 88.9 Å². The summed E-state index contributed by atoms with van der Waals surface area (Å²) in [6, 6.07) is 2.27. The van der Waals surface area contributed by atoms with Gasteiger partial charge in [0, 0.05) is 12.2 Å². The quantitative estimate of drug-likeness (QED) is 0.779. The summed E-state index contributed by atoms with van der Waals surface area (Å²) in [7, 11) is 2.14. The first kappa shape index (κ1) is 14.8. The van der Waals surface area contributed by atoms with Crippen LogP contribution in [0.3, 0.4) is 0 Å². The minimum Gasteiger partial charge on any atom is -0.422 e. The van der Waals surface area contributed by atoms with Crippen molar-refractivity contribution in [3.8, 4) is 11.8 Å². The van der Waals surface area contributed by atoms with Crippen molar-refractivity contribution in [2.75, 3.05) is 13.6 Å². The first-order chi connectivity index (χ1) is 11.7. The number of pyridine rings is 1. The molecule has 1 aliphatic rings. The van der Waals surface area contributed by atoms with Crippen molar-refractivity contribution in [3.63, 3.8) is 0 Å². The van der Waals surface area contributed by atoms with Crippen molar-refractivity contribution in [1.29, 1.82) is 0 Å². The van der Waals surface area contributed by atoms with Gasteiger partial charge in [0.1, 0.15) is 0 Å². The van der Waals surface area contributed by atoms with Crippen LogP contribution in [-0.4, -0.2) is 49.3 Å². The van der Waals surface area contributed by atoms with E-state index in [-0.39, 0.29) is 11.6 Å². The molecule has 1 unspecified atom stereocenters. The van der Waals surface area contributed by atoms with Crippen molar-refractivity contribution in [1.82, 2.24) is 29.6 Å². The zero-order valence-electron chi connectivity index (χ0n) is 13.3. The lowest BCUT2D eigenvalue weighted by molar-refractivity contribution is 0.274. The number of ether oxygens (including phenoxy) is 1. The van der Waals surface area contributed by atoms with Crippen LogP contribution in [0, 0.1) is 0 Å². The second kappa shape index (κ2) is 6.04. The molecule has 0 saturated carbocycles. The summed E-state index contributed by atoms with van der Waals surface area (Å²) < 4.78 is 7.51. The lowest BCUT2D eigenvalue weighted by atomic mass is 10.2. The highest BCUT2D eigenvalue weighted by atomic mass is 16.5. The van der Waals surface area contributed by atoms with Gasteiger partial charge in [-0.3, -0.25) is 19.4 Å². The van der Waals surface area contributed by atoms with Crippen LogP contribution in [0.4, 0.5) is 0 Å². The number of aromatic nitrogens is 5. The molecule has 3 aromatic heterocycles. The Balaban J connectivity index is 1.52. The predicted molar refractivity (Wildman–Crippen MR) is 88.1 cm³/mol. The van der Waals surface area contributed by atoms with Gasteiger partial charge in [-0.15, -0.1) is 0 Å². The van der Waals surface area contributed by atoms with Crippen LogP contribution in [0.1, 0.15) is 12.8 Å². The van der Waals surface area contributed by atoms with Crippen LogP contribution >= 0.6 is 0 Å². The third kappa shape index (κ3) is 2.88. The molecule has 0 bridgehead atoms. The summed E-state index contributed by atoms with van der Waals surface area (Å²) in [6.45, 7) is 1.96. The van der Waals surface area contributed by atoms with E-state index >= 15 is 0 Å². The Labute approximate surface area is 138 Å². The number of nitrogens with one attached hydrogen (secondary N) is 1. The molecule has 4 heterocycles. The number of likely N-dealkylation sites (tertiary alicyclic amines) is 1. The number of hydrogen-bond donors (Lipinski definition) is 1. The van der Waals surface area contributed by atoms with E-state index in [2.05, 4.69) is 32.0 Å². The van der Waals surface area contributed by atoms with Crippen LogP contribution in [0.25, 0.3) is 10.9 Å². The van der Waals surface area contributed by atoms with E-state index in [9.17, 15) is 4.79 Å². The van der Waals surface area contributed by atoms with Crippen molar-refractivity contribution in [2.45, 2.75) is 25.4 Å². The Kier molecular flexibility index (Phi) is 3.73. The highest BCUT2D eigenvalue weighted by Gasteiger charge is 2.21. The maximum absolute atomic E-state index is 12.0. The Bertz CT molecular complexity index is 918. The van der Waals surface area contributed by atoms with E-state index in [1.807, 2.05) is 10.9 Å². The molecule has 0 amide bonds. The van der Waals surface area contributed by atoms with E-state index in [4.69, 9.17) is 4.74 Å². The summed E-state index contributed by atoms with van der Waals surface area (Å²) >= 11 is 0. The largest absolute Gasteiger partial charge is 0.422 e. The van der Waals surface area contributed by atoms with Crippen molar-refractivity contribution >= 4 is 10.9 Å². The fourth-order valence-electron chi connectivity index (χ4n) is 3.05. The summed E-state index contributed by atoms with van der Waals surface area (Å²) in [5.41, 5.74) is 0.244.